The molecule has 0 aromatic carbocycles. The van der Waals surface area contributed by atoms with Crippen LogP contribution in [0.5, 0.6) is 0 Å². The highest BCUT2D eigenvalue weighted by atomic mass is 16.5. The van der Waals surface area contributed by atoms with Crippen molar-refractivity contribution in [3.05, 3.63) is 12.2 Å². The van der Waals surface area contributed by atoms with Crippen LogP contribution in [0.3, 0.4) is 0 Å². The van der Waals surface area contributed by atoms with Gasteiger partial charge in [0.2, 0.25) is 5.91 Å². The average molecular weight is 253 g/mol. The minimum absolute atomic E-state index is 0.0862. The predicted octanol–water partition coefficient (Wildman–Crippen LogP) is 2.05. The van der Waals surface area contributed by atoms with Crippen LogP contribution in [0.2, 0.25) is 0 Å². The van der Waals surface area contributed by atoms with E-state index in [2.05, 4.69) is 17.5 Å². The minimum Gasteiger partial charge on any atom is -0.467 e. The number of hydrogen-bond donors (Lipinski definition) is 1. The smallest absolute Gasteiger partial charge is 0.328 e. The largest absolute Gasteiger partial charge is 0.467 e. The minimum atomic E-state index is -0.597. The summed E-state index contributed by atoms with van der Waals surface area (Å²) in [7, 11) is 1.34. The van der Waals surface area contributed by atoms with Gasteiger partial charge >= 0.3 is 5.97 Å². The monoisotopic (exact) mass is 253 g/mol. The Bertz CT molecular complexity index is 341. The van der Waals surface area contributed by atoms with E-state index in [4.69, 9.17) is 4.74 Å². The number of carbonyl (C=O) groups excluding carboxylic acids is 2. The molecule has 18 heavy (non-hydrogen) atoms. The summed E-state index contributed by atoms with van der Waals surface area (Å²) in [4.78, 5) is 23.6. The van der Waals surface area contributed by atoms with E-state index in [0.717, 1.165) is 12.8 Å². The molecule has 0 unspecified atom stereocenters. The van der Waals surface area contributed by atoms with E-state index in [1.807, 2.05) is 20.8 Å². The summed E-state index contributed by atoms with van der Waals surface area (Å²) in [5, 5.41) is 2.79. The van der Waals surface area contributed by atoms with Gasteiger partial charge in [-0.3, -0.25) is 4.79 Å². The molecule has 0 radical (unpaired) electrons. The van der Waals surface area contributed by atoms with Gasteiger partial charge in [0, 0.05) is 6.42 Å². The number of ether oxygens (including phenoxy) is 1. The van der Waals surface area contributed by atoms with E-state index in [1.165, 1.54) is 7.11 Å². The van der Waals surface area contributed by atoms with Crippen LogP contribution in [0.25, 0.3) is 0 Å². The number of amides is 1. The van der Waals surface area contributed by atoms with Crippen LogP contribution in [0.1, 0.15) is 40.0 Å². The standard InChI is InChI=1S/C14H23NO3/c1-14(2,3)12(13(17)18-4)15-11(16)9-10-7-5-6-8-10/h5,7,10,12H,6,8-9H2,1-4H3,(H,15,16)/t10-,12-/m0/s1. The number of hydrogen-bond acceptors (Lipinski definition) is 3. The van der Waals surface area contributed by atoms with Gasteiger partial charge in [0.15, 0.2) is 0 Å². The van der Waals surface area contributed by atoms with Crippen molar-refractivity contribution in [2.75, 3.05) is 7.11 Å². The molecule has 1 amide bonds. The van der Waals surface area contributed by atoms with Gasteiger partial charge in [0.1, 0.15) is 6.04 Å². The average Bonchev–Trinajstić information content (AvgIpc) is 2.76. The lowest BCUT2D eigenvalue weighted by atomic mass is 9.86. The SMILES string of the molecule is COC(=O)[C@H](NC(=O)C[C@H]1C=CCC1)C(C)(C)C. The Labute approximate surface area is 109 Å². The third kappa shape index (κ3) is 4.17. The van der Waals surface area contributed by atoms with Crippen molar-refractivity contribution in [1.29, 1.82) is 0 Å². The second kappa shape index (κ2) is 6.03. The molecule has 0 heterocycles. The lowest BCUT2D eigenvalue weighted by Gasteiger charge is -2.29. The lowest BCUT2D eigenvalue weighted by molar-refractivity contribution is -0.148. The molecular formula is C14H23NO3. The molecule has 4 nitrogen and oxygen atoms in total. The van der Waals surface area contributed by atoms with E-state index in [1.54, 1.807) is 0 Å². The zero-order valence-electron chi connectivity index (χ0n) is 11.7. The summed E-state index contributed by atoms with van der Waals surface area (Å²) >= 11 is 0. The zero-order valence-corrected chi connectivity index (χ0v) is 11.7. The number of esters is 1. The van der Waals surface area contributed by atoms with Gasteiger partial charge in [0.25, 0.3) is 0 Å². The third-order valence-electron chi connectivity index (χ3n) is 3.17. The summed E-state index contributed by atoms with van der Waals surface area (Å²) in [6.07, 6.45) is 6.67. The van der Waals surface area contributed by atoms with Crippen molar-refractivity contribution in [3.8, 4) is 0 Å². The maximum atomic E-state index is 11.9. The van der Waals surface area contributed by atoms with Gasteiger partial charge in [-0.15, -0.1) is 0 Å². The van der Waals surface area contributed by atoms with Crippen LogP contribution in [-0.4, -0.2) is 25.0 Å². The van der Waals surface area contributed by atoms with E-state index in [9.17, 15) is 9.59 Å². The maximum Gasteiger partial charge on any atom is 0.328 e. The van der Waals surface area contributed by atoms with Crippen LogP contribution in [0, 0.1) is 11.3 Å². The molecule has 2 atom stereocenters. The van der Waals surface area contributed by atoms with Gasteiger partial charge < -0.3 is 10.1 Å². The topological polar surface area (TPSA) is 55.4 Å². The molecule has 0 aromatic heterocycles. The fourth-order valence-electron chi connectivity index (χ4n) is 2.07. The normalized spacial score (nSPS) is 20.6. The number of allylic oxidation sites excluding steroid dienone is 2. The first-order valence-electron chi connectivity index (χ1n) is 6.38. The first-order valence-corrected chi connectivity index (χ1v) is 6.38. The molecule has 0 fully saturated rings. The molecule has 102 valence electrons. The Morgan fingerprint density at radius 2 is 2.11 bits per heavy atom. The predicted molar refractivity (Wildman–Crippen MR) is 69.9 cm³/mol. The van der Waals surface area contributed by atoms with Crippen molar-refractivity contribution >= 4 is 11.9 Å². The Kier molecular flexibility index (Phi) is 4.93. The molecule has 0 aliphatic heterocycles. The van der Waals surface area contributed by atoms with Crippen LogP contribution in [0.4, 0.5) is 0 Å². The Morgan fingerprint density at radius 1 is 1.44 bits per heavy atom. The number of rotatable bonds is 4. The first kappa shape index (κ1) is 14.7. The molecule has 0 aromatic rings. The molecule has 0 saturated heterocycles. The van der Waals surface area contributed by atoms with Gasteiger partial charge in [-0.05, 0) is 24.2 Å². The molecule has 0 bridgehead atoms. The van der Waals surface area contributed by atoms with Crippen molar-refractivity contribution in [1.82, 2.24) is 5.32 Å². The van der Waals surface area contributed by atoms with Crippen LogP contribution < -0.4 is 5.32 Å². The van der Waals surface area contributed by atoms with Gasteiger partial charge in [0.05, 0.1) is 7.11 Å². The quantitative estimate of drug-likeness (QED) is 0.616. The second-order valence-corrected chi connectivity index (χ2v) is 5.86. The highest BCUT2D eigenvalue weighted by Crippen LogP contribution is 2.23. The van der Waals surface area contributed by atoms with Crippen LogP contribution >= 0.6 is 0 Å². The Balaban J connectivity index is 2.57. The van der Waals surface area contributed by atoms with Gasteiger partial charge in [-0.25, -0.2) is 4.79 Å². The molecule has 1 rings (SSSR count). The first-order chi connectivity index (χ1) is 8.34. The highest BCUT2D eigenvalue weighted by molar-refractivity contribution is 5.85. The maximum absolute atomic E-state index is 11.9. The van der Waals surface area contributed by atoms with Crippen molar-refractivity contribution < 1.29 is 14.3 Å². The lowest BCUT2D eigenvalue weighted by Crippen LogP contribution is -2.49. The fourth-order valence-corrected chi connectivity index (χ4v) is 2.07. The Hall–Kier alpha value is -1.32. The summed E-state index contributed by atoms with van der Waals surface area (Å²) in [5.41, 5.74) is -0.353. The van der Waals surface area contributed by atoms with Crippen molar-refractivity contribution in [3.63, 3.8) is 0 Å². The van der Waals surface area contributed by atoms with Crippen LogP contribution in [0.15, 0.2) is 12.2 Å². The molecule has 0 spiro atoms. The fraction of sp³-hybridized carbons (Fsp3) is 0.714. The van der Waals surface area contributed by atoms with Crippen molar-refractivity contribution in [2.24, 2.45) is 11.3 Å². The summed E-state index contributed by atoms with van der Waals surface area (Å²) in [5.74, 6) is -0.169. The highest BCUT2D eigenvalue weighted by Gasteiger charge is 2.33. The number of methoxy groups -OCH3 is 1. The molecule has 1 N–H and O–H groups in total. The van der Waals surface area contributed by atoms with E-state index in [0.29, 0.717) is 12.3 Å². The summed E-state index contributed by atoms with van der Waals surface area (Å²) in [6.45, 7) is 5.72. The van der Waals surface area contributed by atoms with E-state index in [-0.39, 0.29) is 11.3 Å². The van der Waals surface area contributed by atoms with Crippen molar-refractivity contribution in [2.45, 2.75) is 46.1 Å². The third-order valence-corrected chi connectivity index (χ3v) is 3.17. The van der Waals surface area contributed by atoms with E-state index < -0.39 is 12.0 Å². The molecule has 4 heteroatoms. The molecular weight excluding hydrogens is 230 g/mol. The molecule has 1 aliphatic rings. The summed E-state index contributed by atoms with van der Waals surface area (Å²) < 4.78 is 4.74. The number of carbonyl (C=O) groups is 2. The number of nitrogens with one attached hydrogen (secondary N) is 1. The molecule has 1 aliphatic carbocycles. The summed E-state index contributed by atoms with van der Waals surface area (Å²) in [6, 6.07) is -0.597. The van der Waals surface area contributed by atoms with E-state index >= 15 is 0 Å². The molecule has 0 saturated carbocycles. The van der Waals surface area contributed by atoms with Gasteiger partial charge in [-0.2, -0.15) is 0 Å². The second-order valence-electron chi connectivity index (χ2n) is 5.86. The zero-order chi connectivity index (χ0) is 13.8. The van der Waals surface area contributed by atoms with Gasteiger partial charge in [-0.1, -0.05) is 32.9 Å². The Morgan fingerprint density at radius 3 is 2.56 bits per heavy atom. The van der Waals surface area contributed by atoms with Crippen LogP contribution in [-0.2, 0) is 14.3 Å².